The lowest BCUT2D eigenvalue weighted by Gasteiger charge is -2.21. The van der Waals surface area contributed by atoms with Crippen LogP contribution in [0.3, 0.4) is 0 Å². The number of carboxylic acid groups (broad SMARTS) is 1. The van der Waals surface area contributed by atoms with Gasteiger partial charge < -0.3 is 15.7 Å². The van der Waals surface area contributed by atoms with E-state index in [-0.39, 0.29) is 12.3 Å². The van der Waals surface area contributed by atoms with Gasteiger partial charge in [0.25, 0.3) is 5.91 Å². The minimum Gasteiger partial charge on any atom is -0.481 e. The molecule has 0 radical (unpaired) electrons. The minimum absolute atomic E-state index is 0.110. The Morgan fingerprint density at radius 3 is 2.95 bits per heavy atom. The maximum Gasteiger partial charge on any atom is 0.303 e. The SMILES string of the molecule is NC(=O)c1cc2c(nc1N1CCC(CC(=O)O)C1)CCC2. The Morgan fingerprint density at radius 1 is 1.43 bits per heavy atom. The Morgan fingerprint density at radius 2 is 2.24 bits per heavy atom. The number of aryl methyl sites for hydroxylation is 2. The van der Waals surface area contributed by atoms with Crippen molar-refractivity contribution in [1.29, 1.82) is 0 Å². The predicted molar refractivity (Wildman–Crippen MR) is 77.4 cm³/mol. The molecule has 0 spiro atoms. The average Bonchev–Trinajstić information content (AvgIpc) is 3.04. The molecule has 6 nitrogen and oxygen atoms in total. The van der Waals surface area contributed by atoms with Gasteiger partial charge in [-0.1, -0.05) is 0 Å². The fraction of sp³-hybridized carbons (Fsp3) is 0.533. The summed E-state index contributed by atoms with van der Waals surface area (Å²) in [4.78, 5) is 29.2. The van der Waals surface area contributed by atoms with Crippen LogP contribution in [0.1, 0.15) is 40.9 Å². The highest BCUT2D eigenvalue weighted by Crippen LogP contribution is 2.31. The molecule has 1 aromatic rings. The van der Waals surface area contributed by atoms with Gasteiger partial charge in [0.2, 0.25) is 0 Å². The monoisotopic (exact) mass is 289 g/mol. The van der Waals surface area contributed by atoms with Gasteiger partial charge in [-0.05, 0) is 43.2 Å². The summed E-state index contributed by atoms with van der Waals surface area (Å²) in [5, 5.41) is 8.89. The molecular weight excluding hydrogens is 270 g/mol. The van der Waals surface area contributed by atoms with Gasteiger partial charge in [-0.2, -0.15) is 0 Å². The minimum atomic E-state index is -0.779. The van der Waals surface area contributed by atoms with E-state index < -0.39 is 11.9 Å². The molecular formula is C15H19N3O3. The van der Waals surface area contributed by atoms with Crippen molar-refractivity contribution in [1.82, 2.24) is 4.98 Å². The zero-order chi connectivity index (χ0) is 15.0. The molecule has 1 aliphatic heterocycles. The van der Waals surface area contributed by atoms with E-state index in [2.05, 4.69) is 4.98 Å². The lowest BCUT2D eigenvalue weighted by Crippen LogP contribution is -2.26. The molecule has 0 saturated carbocycles. The van der Waals surface area contributed by atoms with Crippen molar-refractivity contribution in [2.24, 2.45) is 11.7 Å². The summed E-state index contributed by atoms with van der Waals surface area (Å²) in [7, 11) is 0. The molecule has 0 bridgehead atoms. The summed E-state index contributed by atoms with van der Waals surface area (Å²) in [5.41, 5.74) is 8.13. The van der Waals surface area contributed by atoms with E-state index in [4.69, 9.17) is 10.8 Å². The summed E-state index contributed by atoms with van der Waals surface area (Å²) < 4.78 is 0. The third kappa shape index (κ3) is 2.70. The van der Waals surface area contributed by atoms with Crippen LogP contribution >= 0.6 is 0 Å². The third-order valence-corrected chi connectivity index (χ3v) is 4.34. The molecule has 1 aliphatic carbocycles. The van der Waals surface area contributed by atoms with Crippen LogP contribution in [0.4, 0.5) is 5.82 Å². The van der Waals surface area contributed by atoms with Crippen LogP contribution in [0.15, 0.2) is 6.07 Å². The fourth-order valence-corrected chi connectivity index (χ4v) is 3.32. The molecule has 1 atom stereocenters. The number of nitrogens with zero attached hydrogens (tertiary/aromatic N) is 2. The smallest absolute Gasteiger partial charge is 0.303 e. The highest BCUT2D eigenvalue weighted by atomic mass is 16.4. The number of hydrogen-bond acceptors (Lipinski definition) is 4. The number of nitrogens with two attached hydrogens (primary N) is 1. The molecule has 0 aromatic carbocycles. The van der Waals surface area contributed by atoms with Gasteiger partial charge in [-0.25, -0.2) is 4.98 Å². The molecule has 3 rings (SSSR count). The molecule has 2 aliphatic rings. The number of carbonyl (C=O) groups is 2. The number of primary amides is 1. The summed E-state index contributed by atoms with van der Waals surface area (Å²) in [6.45, 7) is 1.35. The second-order valence-corrected chi connectivity index (χ2v) is 5.88. The first-order valence-corrected chi connectivity index (χ1v) is 7.34. The molecule has 1 unspecified atom stereocenters. The van der Waals surface area contributed by atoms with E-state index in [0.717, 1.165) is 43.5 Å². The number of pyridine rings is 1. The van der Waals surface area contributed by atoms with E-state index in [9.17, 15) is 9.59 Å². The van der Waals surface area contributed by atoms with Crippen LogP contribution < -0.4 is 10.6 Å². The van der Waals surface area contributed by atoms with Crippen LogP contribution in [0, 0.1) is 5.92 Å². The van der Waals surface area contributed by atoms with E-state index >= 15 is 0 Å². The fourth-order valence-electron chi connectivity index (χ4n) is 3.32. The van der Waals surface area contributed by atoms with Crippen LogP contribution in [0.25, 0.3) is 0 Å². The Bertz CT molecular complexity index is 600. The molecule has 1 aromatic heterocycles. The number of aromatic nitrogens is 1. The number of fused-ring (bicyclic) bond motifs is 1. The van der Waals surface area contributed by atoms with Crippen LogP contribution in [0.2, 0.25) is 0 Å². The summed E-state index contributed by atoms with van der Waals surface area (Å²) in [6, 6.07) is 1.87. The van der Waals surface area contributed by atoms with Gasteiger partial charge in [0.05, 0.1) is 5.56 Å². The Labute approximate surface area is 123 Å². The Balaban J connectivity index is 1.88. The number of anilines is 1. The van der Waals surface area contributed by atoms with Gasteiger partial charge in [0.15, 0.2) is 0 Å². The number of hydrogen-bond donors (Lipinski definition) is 2. The van der Waals surface area contributed by atoms with Gasteiger partial charge >= 0.3 is 5.97 Å². The van der Waals surface area contributed by atoms with E-state index in [0.29, 0.717) is 17.9 Å². The van der Waals surface area contributed by atoms with Crippen molar-refractivity contribution in [2.45, 2.75) is 32.1 Å². The lowest BCUT2D eigenvalue weighted by molar-refractivity contribution is -0.137. The van der Waals surface area contributed by atoms with Crippen LogP contribution in [0.5, 0.6) is 0 Å². The second kappa shape index (κ2) is 5.35. The molecule has 3 N–H and O–H groups in total. The largest absolute Gasteiger partial charge is 0.481 e. The maximum absolute atomic E-state index is 11.7. The number of carboxylic acids is 1. The van der Waals surface area contributed by atoms with Gasteiger partial charge in [-0.15, -0.1) is 0 Å². The summed E-state index contributed by atoms with van der Waals surface area (Å²) >= 11 is 0. The molecule has 2 heterocycles. The standard InChI is InChI=1S/C15H19N3O3/c16-14(21)11-7-10-2-1-3-12(10)17-15(11)18-5-4-9(8-18)6-13(19)20/h7,9H,1-6,8H2,(H2,16,21)(H,19,20). The first kappa shape index (κ1) is 13.9. The number of carbonyl (C=O) groups excluding carboxylic acids is 1. The Kier molecular flexibility index (Phi) is 3.53. The highest BCUT2D eigenvalue weighted by Gasteiger charge is 2.29. The first-order chi connectivity index (χ1) is 10.0. The molecule has 1 amide bonds. The van der Waals surface area contributed by atoms with Crippen molar-refractivity contribution >= 4 is 17.7 Å². The molecule has 1 saturated heterocycles. The van der Waals surface area contributed by atoms with Crippen molar-refractivity contribution in [2.75, 3.05) is 18.0 Å². The van der Waals surface area contributed by atoms with Crippen molar-refractivity contribution < 1.29 is 14.7 Å². The summed E-state index contributed by atoms with van der Waals surface area (Å²) in [5.74, 6) is -0.498. The highest BCUT2D eigenvalue weighted by molar-refractivity contribution is 5.98. The normalized spacial score (nSPS) is 20.6. The third-order valence-electron chi connectivity index (χ3n) is 4.34. The van der Waals surface area contributed by atoms with Gasteiger partial charge in [-0.3, -0.25) is 9.59 Å². The van der Waals surface area contributed by atoms with E-state index in [1.807, 2.05) is 11.0 Å². The predicted octanol–water partition coefficient (Wildman–Crippen LogP) is 0.970. The second-order valence-electron chi connectivity index (χ2n) is 5.88. The van der Waals surface area contributed by atoms with E-state index in [1.165, 1.54) is 0 Å². The van der Waals surface area contributed by atoms with Gasteiger partial charge in [0, 0.05) is 25.2 Å². The summed E-state index contributed by atoms with van der Waals surface area (Å²) in [6.07, 6.45) is 3.92. The van der Waals surface area contributed by atoms with Crippen molar-refractivity contribution in [3.8, 4) is 0 Å². The molecule has 112 valence electrons. The zero-order valence-corrected chi connectivity index (χ0v) is 11.8. The van der Waals surface area contributed by atoms with Crippen molar-refractivity contribution in [3.05, 3.63) is 22.9 Å². The van der Waals surface area contributed by atoms with Crippen LogP contribution in [-0.2, 0) is 17.6 Å². The zero-order valence-electron chi connectivity index (χ0n) is 11.8. The number of amides is 1. The first-order valence-electron chi connectivity index (χ1n) is 7.34. The average molecular weight is 289 g/mol. The molecule has 21 heavy (non-hydrogen) atoms. The number of rotatable bonds is 4. The lowest BCUT2D eigenvalue weighted by atomic mass is 10.1. The van der Waals surface area contributed by atoms with Crippen molar-refractivity contribution in [3.63, 3.8) is 0 Å². The Hall–Kier alpha value is -2.11. The quantitative estimate of drug-likeness (QED) is 0.861. The molecule has 6 heteroatoms. The van der Waals surface area contributed by atoms with E-state index in [1.54, 1.807) is 0 Å². The van der Waals surface area contributed by atoms with Gasteiger partial charge in [0.1, 0.15) is 5.82 Å². The number of aliphatic carboxylic acids is 1. The maximum atomic E-state index is 11.7. The van der Waals surface area contributed by atoms with Crippen LogP contribution in [-0.4, -0.2) is 35.1 Å². The topological polar surface area (TPSA) is 96.5 Å². The molecule has 1 fully saturated rings.